The van der Waals surface area contributed by atoms with Gasteiger partial charge in [-0.3, -0.25) is 0 Å². The summed E-state index contributed by atoms with van der Waals surface area (Å²) in [6.45, 7) is 3.57. The molecular formula is C19H21F4NO4S. The van der Waals surface area contributed by atoms with E-state index in [0.717, 1.165) is 11.6 Å². The average molecular weight is 435 g/mol. The third-order valence-corrected chi connectivity index (χ3v) is 5.89. The molecule has 0 bridgehead atoms. The zero-order valence-corrected chi connectivity index (χ0v) is 17.0. The standard InChI is InChI=1S/C19H21F4NO4S/c1-11-8-12(2)18(13(3)9-11)29(25,26)24-16(19(21,22)23)10-28-17-14(20)6-5-7-15(17)27-4/h5-9,16,24H,10H2,1-4H3. The second-order valence-electron chi connectivity index (χ2n) is 6.53. The van der Waals surface area contributed by atoms with E-state index >= 15 is 0 Å². The Bertz CT molecular complexity index is 967. The molecule has 0 saturated heterocycles. The van der Waals surface area contributed by atoms with Crippen molar-refractivity contribution in [1.29, 1.82) is 0 Å². The summed E-state index contributed by atoms with van der Waals surface area (Å²) in [6, 6.07) is 4.12. The second-order valence-corrected chi connectivity index (χ2v) is 8.18. The van der Waals surface area contributed by atoms with Crippen LogP contribution < -0.4 is 14.2 Å². The van der Waals surface area contributed by atoms with Crippen LogP contribution in [0.25, 0.3) is 0 Å². The van der Waals surface area contributed by atoms with E-state index in [-0.39, 0.29) is 10.6 Å². The molecule has 0 aromatic heterocycles. The molecule has 5 nitrogen and oxygen atoms in total. The molecule has 1 atom stereocenters. The van der Waals surface area contributed by atoms with Crippen LogP contribution >= 0.6 is 0 Å². The summed E-state index contributed by atoms with van der Waals surface area (Å²) >= 11 is 0. The van der Waals surface area contributed by atoms with Crippen LogP contribution in [-0.2, 0) is 10.0 Å². The Morgan fingerprint density at radius 1 is 1.10 bits per heavy atom. The van der Waals surface area contributed by atoms with Crippen LogP contribution in [0.5, 0.6) is 11.5 Å². The third kappa shape index (κ3) is 5.39. The number of hydrogen-bond donors (Lipinski definition) is 1. The second kappa shape index (κ2) is 8.58. The summed E-state index contributed by atoms with van der Waals surface area (Å²) in [4.78, 5) is -0.235. The quantitative estimate of drug-likeness (QED) is 0.667. The van der Waals surface area contributed by atoms with Gasteiger partial charge < -0.3 is 9.47 Å². The SMILES string of the molecule is COc1cccc(F)c1OCC(NS(=O)(=O)c1c(C)cc(C)cc1C)C(F)(F)F. The van der Waals surface area contributed by atoms with Crippen LogP contribution in [0.4, 0.5) is 17.6 Å². The molecule has 2 aromatic carbocycles. The van der Waals surface area contributed by atoms with E-state index in [9.17, 15) is 26.0 Å². The lowest BCUT2D eigenvalue weighted by Crippen LogP contribution is -2.49. The largest absolute Gasteiger partial charge is 0.493 e. The molecule has 0 radical (unpaired) electrons. The van der Waals surface area contributed by atoms with Crippen molar-refractivity contribution in [3.63, 3.8) is 0 Å². The fourth-order valence-electron chi connectivity index (χ4n) is 2.99. The highest BCUT2D eigenvalue weighted by Gasteiger charge is 2.43. The predicted molar refractivity (Wildman–Crippen MR) is 99.3 cm³/mol. The number of ether oxygens (including phenoxy) is 2. The van der Waals surface area contributed by atoms with Crippen LogP contribution in [0.1, 0.15) is 16.7 Å². The maximum atomic E-state index is 13.9. The van der Waals surface area contributed by atoms with Gasteiger partial charge in [-0.2, -0.15) is 17.9 Å². The van der Waals surface area contributed by atoms with Gasteiger partial charge in [-0.05, 0) is 44.0 Å². The molecule has 0 amide bonds. The van der Waals surface area contributed by atoms with Crippen LogP contribution in [0.2, 0.25) is 0 Å². The number of para-hydroxylation sites is 1. The fourth-order valence-corrected chi connectivity index (χ4v) is 4.65. The summed E-state index contributed by atoms with van der Waals surface area (Å²) in [6.07, 6.45) is -4.97. The number of nitrogens with one attached hydrogen (secondary N) is 1. The Morgan fingerprint density at radius 3 is 2.21 bits per heavy atom. The monoisotopic (exact) mass is 435 g/mol. The van der Waals surface area contributed by atoms with Gasteiger partial charge in [0.25, 0.3) is 0 Å². The lowest BCUT2D eigenvalue weighted by Gasteiger charge is -2.23. The normalized spacial score (nSPS) is 13.2. The van der Waals surface area contributed by atoms with E-state index in [1.807, 2.05) is 0 Å². The van der Waals surface area contributed by atoms with Gasteiger partial charge in [0.05, 0.1) is 12.0 Å². The molecule has 2 rings (SSSR count). The predicted octanol–water partition coefficient (Wildman–Crippen LogP) is 4.05. The highest BCUT2D eigenvalue weighted by Crippen LogP contribution is 2.31. The summed E-state index contributed by atoms with van der Waals surface area (Å²) < 4.78 is 91.2. The Morgan fingerprint density at radius 2 is 1.69 bits per heavy atom. The van der Waals surface area contributed by atoms with Crippen LogP contribution in [-0.4, -0.2) is 34.4 Å². The molecule has 0 fully saturated rings. The molecule has 0 heterocycles. The van der Waals surface area contributed by atoms with E-state index in [2.05, 4.69) is 0 Å². The van der Waals surface area contributed by atoms with Crippen molar-refractivity contribution in [2.45, 2.75) is 37.9 Å². The van der Waals surface area contributed by atoms with E-state index in [1.165, 1.54) is 33.1 Å². The molecule has 160 valence electrons. The van der Waals surface area contributed by atoms with Gasteiger partial charge in [0, 0.05) is 0 Å². The van der Waals surface area contributed by atoms with Gasteiger partial charge in [0.15, 0.2) is 23.4 Å². The molecule has 2 aromatic rings. The highest BCUT2D eigenvalue weighted by atomic mass is 32.2. The zero-order valence-electron chi connectivity index (χ0n) is 16.2. The number of alkyl halides is 3. The van der Waals surface area contributed by atoms with E-state index in [1.54, 1.807) is 23.8 Å². The molecule has 0 aliphatic rings. The Labute approximate surface area is 166 Å². The lowest BCUT2D eigenvalue weighted by atomic mass is 10.1. The minimum Gasteiger partial charge on any atom is -0.493 e. The first-order valence-electron chi connectivity index (χ1n) is 8.49. The number of halogens is 4. The van der Waals surface area contributed by atoms with Crippen molar-refractivity contribution in [1.82, 2.24) is 4.72 Å². The number of methoxy groups -OCH3 is 1. The smallest absolute Gasteiger partial charge is 0.408 e. The number of aryl methyl sites for hydroxylation is 3. The van der Waals surface area contributed by atoms with Crippen molar-refractivity contribution in [2.24, 2.45) is 0 Å². The van der Waals surface area contributed by atoms with Crippen LogP contribution in [0.15, 0.2) is 35.2 Å². The summed E-state index contributed by atoms with van der Waals surface area (Å²) in [5.41, 5.74) is 1.40. The Balaban J connectivity index is 2.33. The van der Waals surface area contributed by atoms with Crippen molar-refractivity contribution in [2.75, 3.05) is 13.7 Å². The summed E-state index contributed by atoms with van der Waals surface area (Å²) in [7, 11) is -3.32. The van der Waals surface area contributed by atoms with Gasteiger partial charge in [0.2, 0.25) is 10.0 Å². The molecular weight excluding hydrogens is 414 g/mol. The number of rotatable bonds is 7. The Kier molecular flexibility index (Phi) is 6.79. The lowest BCUT2D eigenvalue weighted by molar-refractivity contribution is -0.157. The first-order valence-corrected chi connectivity index (χ1v) is 9.97. The van der Waals surface area contributed by atoms with Crippen molar-refractivity contribution >= 4 is 10.0 Å². The van der Waals surface area contributed by atoms with E-state index in [4.69, 9.17) is 9.47 Å². The zero-order chi connectivity index (χ0) is 22.0. The number of benzene rings is 2. The molecule has 10 heteroatoms. The van der Waals surface area contributed by atoms with Crippen molar-refractivity contribution < 1.29 is 35.5 Å². The molecule has 29 heavy (non-hydrogen) atoms. The molecule has 0 spiro atoms. The van der Waals surface area contributed by atoms with Gasteiger partial charge in [-0.1, -0.05) is 23.8 Å². The minimum absolute atomic E-state index is 0.112. The Hall–Kier alpha value is -2.33. The molecule has 0 saturated carbocycles. The maximum absolute atomic E-state index is 13.9. The summed E-state index contributed by atoms with van der Waals surface area (Å²) in [5.74, 6) is -1.58. The van der Waals surface area contributed by atoms with E-state index in [0.29, 0.717) is 11.1 Å². The average Bonchev–Trinajstić information content (AvgIpc) is 2.57. The number of hydrogen-bond acceptors (Lipinski definition) is 4. The molecule has 0 aliphatic carbocycles. The maximum Gasteiger partial charge on any atom is 0.408 e. The fraction of sp³-hybridized carbons (Fsp3) is 0.368. The van der Waals surface area contributed by atoms with E-state index < -0.39 is 40.4 Å². The van der Waals surface area contributed by atoms with Gasteiger partial charge >= 0.3 is 6.18 Å². The minimum atomic E-state index is -4.97. The van der Waals surface area contributed by atoms with Crippen molar-refractivity contribution in [3.05, 3.63) is 52.8 Å². The third-order valence-electron chi connectivity index (χ3n) is 4.11. The molecule has 1 unspecified atom stereocenters. The summed E-state index contributed by atoms with van der Waals surface area (Å²) in [5, 5.41) is 0. The molecule has 0 aliphatic heterocycles. The molecule has 1 N–H and O–H groups in total. The highest BCUT2D eigenvalue weighted by molar-refractivity contribution is 7.89. The van der Waals surface area contributed by atoms with Crippen molar-refractivity contribution in [3.8, 4) is 11.5 Å². The van der Waals surface area contributed by atoms with Crippen LogP contribution in [0.3, 0.4) is 0 Å². The van der Waals surface area contributed by atoms with Crippen LogP contribution in [0, 0.1) is 26.6 Å². The first-order chi connectivity index (χ1) is 13.4. The van der Waals surface area contributed by atoms with Gasteiger partial charge in [-0.15, -0.1) is 0 Å². The first kappa shape index (κ1) is 23.0. The van der Waals surface area contributed by atoms with Gasteiger partial charge in [0.1, 0.15) is 6.61 Å². The number of sulfonamides is 1. The topological polar surface area (TPSA) is 64.6 Å². The van der Waals surface area contributed by atoms with Gasteiger partial charge in [-0.25, -0.2) is 12.8 Å².